The highest BCUT2D eigenvalue weighted by molar-refractivity contribution is 7.80. The maximum atomic E-state index is 5.16. The summed E-state index contributed by atoms with van der Waals surface area (Å²) in [7, 11) is 3.96. The zero-order valence-electron chi connectivity index (χ0n) is 9.38. The first kappa shape index (κ1) is 11.8. The summed E-state index contributed by atoms with van der Waals surface area (Å²) in [4.78, 5) is 1.95. The van der Waals surface area contributed by atoms with Crippen molar-refractivity contribution in [1.29, 1.82) is 0 Å². The van der Waals surface area contributed by atoms with Crippen LogP contribution in [0.1, 0.15) is 38.5 Å². The molecule has 0 aromatic rings. The number of hydrogen-bond donors (Lipinski definition) is 1. The second-order valence-corrected chi connectivity index (χ2v) is 4.81. The standard InChI is InChI=1S/C11H22N2S/c1-13(2)11(14)12-9-8-10-6-4-3-5-7-10/h10H,3-9H2,1-2H3,(H,12,14). The van der Waals surface area contributed by atoms with E-state index >= 15 is 0 Å². The smallest absolute Gasteiger partial charge is 0.168 e. The normalized spacial score (nSPS) is 17.9. The van der Waals surface area contributed by atoms with Crippen molar-refractivity contribution >= 4 is 17.3 Å². The Morgan fingerprint density at radius 3 is 2.50 bits per heavy atom. The van der Waals surface area contributed by atoms with Gasteiger partial charge in [0.25, 0.3) is 0 Å². The largest absolute Gasteiger partial charge is 0.363 e. The first-order valence-corrected chi connectivity index (χ1v) is 6.06. The summed E-state index contributed by atoms with van der Waals surface area (Å²) in [5, 5.41) is 4.15. The molecule has 1 aliphatic rings. The molecular weight excluding hydrogens is 192 g/mol. The molecule has 0 unspecified atom stereocenters. The van der Waals surface area contributed by atoms with E-state index in [-0.39, 0.29) is 0 Å². The minimum Gasteiger partial charge on any atom is -0.363 e. The fourth-order valence-corrected chi connectivity index (χ4v) is 2.12. The third kappa shape index (κ3) is 4.27. The third-order valence-corrected chi connectivity index (χ3v) is 3.47. The van der Waals surface area contributed by atoms with E-state index in [1.165, 1.54) is 38.5 Å². The summed E-state index contributed by atoms with van der Waals surface area (Å²) < 4.78 is 0. The van der Waals surface area contributed by atoms with Crippen LogP contribution in [0.5, 0.6) is 0 Å². The zero-order chi connectivity index (χ0) is 10.4. The van der Waals surface area contributed by atoms with Crippen LogP contribution >= 0.6 is 12.2 Å². The van der Waals surface area contributed by atoms with Crippen LogP contribution in [0.4, 0.5) is 0 Å². The van der Waals surface area contributed by atoms with Gasteiger partial charge >= 0.3 is 0 Å². The average Bonchev–Trinajstić information content (AvgIpc) is 2.19. The molecule has 0 aromatic heterocycles. The summed E-state index contributed by atoms with van der Waals surface area (Å²) in [6.07, 6.45) is 8.45. The zero-order valence-corrected chi connectivity index (χ0v) is 10.2. The molecule has 1 saturated carbocycles. The highest BCUT2D eigenvalue weighted by Crippen LogP contribution is 2.25. The highest BCUT2D eigenvalue weighted by Gasteiger charge is 2.12. The summed E-state index contributed by atoms with van der Waals surface area (Å²) in [5.74, 6) is 0.946. The molecule has 82 valence electrons. The van der Waals surface area contributed by atoms with E-state index in [0.717, 1.165) is 17.6 Å². The topological polar surface area (TPSA) is 15.3 Å². The van der Waals surface area contributed by atoms with Gasteiger partial charge in [-0.15, -0.1) is 0 Å². The molecule has 0 amide bonds. The van der Waals surface area contributed by atoms with Crippen LogP contribution in [-0.2, 0) is 0 Å². The first-order valence-electron chi connectivity index (χ1n) is 5.65. The van der Waals surface area contributed by atoms with Gasteiger partial charge in [-0.05, 0) is 24.6 Å². The van der Waals surface area contributed by atoms with Gasteiger partial charge in [0.15, 0.2) is 5.11 Å². The van der Waals surface area contributed by atoms with E-state index in [1.54, 1.807) is 0 Å². The summed E-state index contributed by atoms with van der Waals surface area (Å²) in [6.45, 7) is 1.04. The number of hydrogen-bond acceptors (Lipinski definition) is 1. The Kier molecular flexibility index (Phi) is 5.23. The minimum absolute atomic E-state index is 0.862. The van der Waals surface area contributed by atoms with Crippen molar-refractivity contribution < 1.29 is 0 Å². The maximum absolute atomic E-state index is 5.16. The lowest BCUT2D eigenvalue weighted by molar-refractivity contribution is 0.338. The molecule has 0 aromatic carbocycles. The molecule has 0 aliphatic heterocycles. The summed E-state index contributed by atoms with van der Waals surface area (Å²) >= 11 is 5.16. The Labute approximate surface area is 93.1 Å². The van der Waals surface area contributed by atoms with Crippen LogP contribution in [0.2, 0.25) is 0 Å². The number of nitrogens with one attached hydrogen (secondary N) is 1. The Hall–Kier alpha value is -0.310. The quantitative estimate of drug-likeness (QED) is 0.726. The fourth-order valence-electron chi connectivity index (χ4n) is 2.02. The number of rotatable bonds is 3. The molecule has 0 radical (unpaired) electrons. The monoisotopic (exact) mass is 214 g/mol. The second kappa shape index (κ2) is 6.23. The molecule has 1 rings (SSSR count). The van der Waals surface area contributed by atoms with E-state index in [9.17, 15) is 0 Å². The lowest BCUT2D eigenvalue weighted by atomic mass is 9.87. The Balaban J connectivity index is 2.05. The van der Waals surface area contributed by atoms with Crippen LogP contribution in [0, 0.1) is 5.92 Å². The Morgan fingerprint density at radius 1 is 1.29 bits per heavy atom. The number of thiocarbonyl (C=S) groups is 1. The molecule has 0 heterocycles. The molecule has 1 aliphatic carbocycles. The molecular formula is C11H22N2S. The van der Waals surface area contributed by atoms with Crippen molar-refractivity contribution in [2.24, 2.45) is 5.92 Å². The van der Waals surface area contributed by atoms with Gasteiger partial charge < -0.3 is 10.2 Å². The van der Waals surface area contributed by atoms with Crippen LogP contribution in [0.3, 0.4) is 0 Å². The van der Waals surface area contributed by atoms with Crippen molar-refractivity contribution in [2.45, 2.75) is 38.5 Å². The molecule has 0 spiro atoms. The van der Waals surface area contributed by atoms with Gasteiger partial charge in [0.05, 0.1) is 0 Å². The molecule has 14 heavy (non-hydrogen) atoms. The molecule has 0 saturated heterocycles. The predicted molar refractivity (Wildman–Crippen MR) is 65.5 cm³/mol. The lowest BCUT2D eigenvalue weighted by Gasteiger charge is -2.22. The van der Waals surface area contributed by atoms with Crippen LogP contribution in [0.25, 0.3) is 0 Å². The van der Waals surface area contributed by atoms with Crippen molar-refractivity contribution in [3.63, 3.8) is 0 Å². The fraction of sp³-hybridized carbons (Fsp3) is 0.909. The van der Waals surface area contributed by atoms with Crippen LogP contribution in [0.15, 0.2) is 0 Å². The Morgan fingerprint density at radius 2 is 1.93 bits per heavy atom. The van der Waals surface area contributed by atoms with Gasteiger partial charge in [0, 0.05) is 20.6 Å². The highest BCUT2D eigenvalue weighted by atomic mass is 32.1. The first-order chi connectivity index (χ1) is 6.70. The van der Waals surface area contributed by atoms with E-state index in [4.69, 9.17) is 12.2 Å². The van der Waals surface area contributed by atoms with Gasteiger partial charge in [-0.25, -0.2) is 0 Å². The molecule has 1 N–H and O–H groups in total. The molecule has 1 fully saturated rings. The van der Waals surface area contributed by atoms with E-state index in [0.29, 0.717) is 0 Å². The molecule has 3 heteroatoms. The number of nitrogens with zero attached hydrogens (tertiary/aromatic N) is 1. The van der Waals surface area contributed by atoms with Gasteiger partial charge in [-0.2, -0.15) is 0 Å². The molecule has 2 nitrogen and oxygen atoms in total. The van der Waals surface area contributed by atoms with Crippen LogP contribution in [-0.4, -0.2) is 30.7 Å². The van der Waals surface area contributed by atoms with Gasteiger partial charge in [0.1, 0.15) is 0 Å². The molecule has 0 atom stereocenters. The van der Waals surface area contributed by atoms with Crippen molar-refractivity contribution in [3.05, 3.63) is 0 Å². The predicted octanol–water partition coefficient (Wildman–Crippen LogP) is 2.39. The van der Waals surface area contributed by atoms with Crippen molar-refractivity contribution in [1.82, 2.24) is 10.2 Å². The van der Waals surface area contributed by atoms with Crippen molar-refractivity contribution in [3.8, 4) is 0 Å². The van der Waals surface area contributed by atoms with Gasteiger partial charge in [-0.1, -0.05) is 32.1 Å². The Bertz CT molecular complexity index is 174. The van der Waals surface area contributed by atoms with Crippen LogP contribution < -0.4 is 5.32 Å². The van der Waals surface area contributed by atoms with Gasteiger partial charge in [-0.3, -0.25) is 0 Å². The lowest BCUT2D eigenvalue weighted by Crippen LogP contribution is -2.35. The third-order valence-electron chi connectivity index (χ3n) is 2.96. The average molecular weight is 214 g/mol. The molecule has 0 bridgehead atoms. The SMILES string of the molecule is CN(C)C(=S)NCCC1CCCCC1. The van der Waals surface area contributed by atoms with E-state index in [1.807, 2.05) is 19.0 Å². The summed E-state index contributed by atoms with van der Waals surface area (Å²) in [5.41, 5.74) is 0. The van der Waals surface area contributed by atoms with Gasteiger partial charge in [0.2, 0.25) is 0 Å². The van der Waals surface area contributed by atoms with E-state index < -0.39 is 0 Å². The maximum Gasteiger partial charge on any atom is 0.168 e. The second-order valence-electron chi connectivity index (χ2n) is 4.42. The summed E-state index contributed by atoms with van der Waals surface area (Å²) in [6, 6.07) is 0. The minimum atomic E-state index is 0.862. The van der Waals surface area contributed by atoms with Crippen molar-refractivity contribution in [2.75, 3.05) is 20.6 Å². The van der Waals surface area contributed by atoms with E-state index in [2.05, 4.69) is 5.32 Å².